The van der Waals surface area contributed by atoms with Crippen molar-refractivity contribution in [2.75, 3.05) is 6.61 Å². The number of ether oxygens (including phenoxy) is 1. The second-order valence-electron chi connectivity index (χ2n) is 4.90. The second-order valence-corrected chi connectivity index (χ2v) is 5.72. The molecule has 4 nitrogen and oxygen atoms in total. The normalized spacial score (nSPS) is 12.5. The van der Waals surface area contributed by atoms with Crippen molar-refractivity contribution in [1.29, 1.82) is 0 Å². The number of rotatable bonds is 5. The van der Waals surface area contributed by atoms with Crippen molar-refractivity contribution >= 4 is 34.2 Å². The van der Waals surface area contributed by atoms with Gasteiger partial charge in [-0.2, -0.15) is 0 Å². The zero-order valence-electron chi connectivity index (χ0n) is 11.6. The molecule has 3 aromatic rings. The van der Waals surface area contributed by atoms with Crippen LogP contribution in [0.25, 0.3) is 11.0 Å². The Kier molecular flexibility index (Phi) is 4.52. The third kappa shape index (κ3) is 3.19. The average molecular weight is 337 g/mol. The highest BCUT2D eigenvalue weighted by molar-refractivity contribution is 6.37. The predicted molar refractivity (Wildman–Crippen MR) is 87.7 cm³/mol. The van der Waals surface area contributed by atoms with Gasteiger partial charge in [0.2, 0.25) is 0 Å². The van der Waals surface area contributed by atoms with Crippen molar-refractivity contribution in [2.24, 2.45) is 0 Å². The molecule has 1 atom stereocenters. The van der Waals surface area contributed by atoms with E-state index < -0.39 is 6.10 Å². The van der Waals surface area contributed by atoms with Gasteiger partial charge >= 0.3 is 0 Å². The van der Waals surface area contributed by atoms with Crippen LogP contribution < -0.4 is 4.74 Å². The van der Waals surface area contributed by atoms with Gasteiger partial charge < -0.3 is 14.4 Å². The van der Waals surface area contributed by atoms with Crippen molar-refractivity contribution < 1.29 is 9.84 Å². The van der Waals surface area contributed by atoms with E-state index in [0.717, 1.165) is 11.0 Å². The number of aliphatic hydroxyl groups excluding tert-OH is 1. The number of imidazole rings is 1. The van der Waals surface area contributed by atoms with Crippen molar-refractivity contribution in [2.45, 2.75) is 12.6 Å². The van der Waals surface area contributed by atoms with E-state index in [9.17, 15) is 5.11 Å². The fourth-order valence-corrected chi connectivity index (χ4v) is 2.74. The smallest absolute Gasteiger partial charge is 0.156 e. The van der Waals surface area contributed by atoms with Gasteiger partial charge in [-0.15, -0.1) is 0 Å². The first-order valence-corrected chi connectivity index (χ1v) is 7.55. The van der Waals surface area contributed by atoms with Gasteiger partial charge in [-0.1, -0.05) is 41.4 Å². The van der Waals surface area contributed by atoms with Gasteiger partial charge in [-0.3, -0.25) is 0 Å². The molecule has 1 aromatic heterocycles. The summed E-state index contributed by atoms with van der Waals surface area (Å²) < 4.78 is 7.43. The topological polar surface area (TPSA) is 47.3 Å². The van der Waals surface area contributed by atoms with Gasteiger partial charge in [0.1, 0.15) is 12.7 Å². The highest BCUT2D eigenvalue weighted by Crippen LogP contribution is 2.32. The number of hydrogen-bond donors (Lipinski definition) is 1. The fraction of sp³-hybridized carbons (Fsp3) is 0.188. The van der Waals surface area contributed by atoms with E-state index in [1.807, 2.05) is 28.8 Å². The Balaban J connectivity index is 1.67. The molecular formula is C16H14Cl2N2O2. The zero-order valence-corrected chi connectivity index (χ0v) is 13.1. The van der Waals surface area contributed by atoms with Crippen LogP contribution >= 0.6 is 23.2 Å². The molecule has 1 N–H and O–H groups in total. The van der Waals surface area contributed by atoms with Crippen LogP contribution in [0.3, 0.4) is 0 Å². The van der Waals surface area contributed by atoms with Crippen LogP contribution in [0.15, 0.2) is 48.8 Å². The molecule has 0 saturated carbocycles. The van der Waals surface area contributed by atoms with Crippen LogP contribution in [-0.4, -0.2) is 27.4 Å². The standard InChI is InChI=1S/C16H14Cl2N2O2/c17-12-4-3-5-13(18)16(12)22-9-11(21)8-20-10-19-14-6-1-2-7-15(14)20/h1-7,10-11,21H,8-9H2. The van der Waals surface area contributed by atoms with Crippen LogP contribution in [-0.2, 0) is 6.54 Å². The minimum absolute atomic E-state index is 0.0932. The summed E-state index contributed by atoms with van der Waals surface area (Å²) in [4.78, 5) is 4.29. The highest BCUT2D eigenvalue weighted by Gasteiger charge is 2.12. The summed E-state index contributed by atoms with van der Waals surface area (Å²) in [6, 6.07) is 12.9. The summed E-state index contributed by atoms with van der Waals surface area (Å²) in [6.45, 7) is 0.471. The largest absolute Gasteiger partial charge is 0.488 e. The monoisotopic (exact) mass is 336 g/mol. The summed E-state index contributed by atoms with van der Waals surface area (Å²) in [6.07, 6.45) is 1.00. The lowest BCUT2D eigenvalue weighted by Gasteiger charge is -2.15. The van der Waals surface area contributed by atoms with Gasteiger partial charge in [0.05, 0.1) is 34.0 Å². The Morgan fingerprint density at radius 2 is 1.82 bits per heavy atom. The minimum atomic E-state index is -0.704. The van der Waals surface area contributed by atoms with Gasteiger partial charge in [-0.05, 0) is 24.3 Å². The van der Waals surface area contributed by atoms with E-state index in [4.69, 9.17) is 27.9 Å². The number of aromatic nitrogens is 2. The zero-order chi connectivity index (χ0) is 15.5. The molecule has 3 rings (SSSR count). The Morgan fingerprint density at radius 1 is 1.09 bits per heavy atom. The molecule has 0 radical (unpaired) electrons. The van der Waals surface area contributed by atoms with E-state index in [1.165, 1.54) is 0 Å². The van der Waals surface area contributed by atoms with E-state index in [1.54, 1.807) is 24.5 Å². The molecule has 114 valence electrons. The van der Waals surface area contributed by atoms with Gasteiger partial charge in [-0.25, -0.2) is 4.98 Å². The maximum Gasteiger partial charge on any atom is 0.156 e. The van der Waals surface area contributed by atoms with Crippen LogP contribution in [0.5, 0.6) is 5.75 Å². The molecule has 1 unspecified atom stereocenters. The molecule has 0 saturated heterocycles. The molecule has 6 heteroatoms. The van der Waals surface area contributed by atoms with E-state index in [2.05, 4.69) is 4.98 Å². The lowest BCUT2D eigenvalue weighted by atomic mass is 10.3. The number of halogens is 2. The molecule has 22 heavy (non-hydrogen) atoms. The Bertz CT molecular complexity index is 768. The number of aliphatic hydroxyl groups is 1. The minimum Gasteiger partial charge on any atom is -0.488 e. The molecule has 0 aliphatic carbocycles. The summed E-state index contributed by atoms with van der Waals surface area (Å²) in [5.74, 6) is 0.389. The second kappa shape index (κ2) is 6.57. The molecule has 0 aliphatic rings. The van der Waals surface area contributed by atoms with Crippen molar-refractivity contribution in [3.8, 4) is 5.75 Å². The third-order valence-electron chi connectivity index (χ3n) is 3.27. The predicted octanol–water partition coefficient (Wildman–Crippen LogP) is 3.78. The first-order valence-electron chi connectivity index (χ1n) is 6.80. The molecule has 0 spiro atoms. The number of fused-ring (bicyclic) bond motifs is 1. The third-order valence-corrected chi connectivity index (χ3v) is 3.87. The van der Waals surface area contributed by atoms with Crippen LogP contribution in [0.1, 0.15) is 0 Å². The summed E-state index contributed by atoms with van der Waals surface area (Å²) in [5, 5.41) is 11.0. The van der Waals surface area contributed by atoms with Gasteiger partial charge in [0.15, 0.2) is 5.75 Å². The summed E-state index contributed by atoms with van der Waals surface area (Å²) in [5.41, 5.74) is 1.86. The molecule has 2 aromatic carbocycles. The van der Waals surface area contributed by atoms with E-state index in [-0.39, 0.29) is 6.61 Å². The lowest BCUT2D eigenvalue weighted by molar-refractivity contribution is 0.0935. The Morgan fingerprint density at radius 3 is 2.59 bits per heavy atom. The highest BCUT2D eigenvalue weighted by atomic mass is 35.5. The quantitative estimate of drug-likeness (QED) is 0.771. The van der Waals surface area contributed by atoms with E-state index in [0.29, 0.717) is 22.3 Å². The first-order chi connectivity index (χ1) is 10.6. The molecular weight excluding hydrogens is 323 g/mol. The van der Waals surface area contributed by atoms with Crippen LogP contribution in [0.4, 0.5) is 0 Å². The van der Waals surface area contributed by atoms with Crippen molar-refractivity contribution in [3.05, 3.63) is 58.8 Å². The molecule has 0 amide bonds. The Hall–Kier alpha value is -1.75. The number of hydrogen-bond acceptors (Lipinski definition) is 3. The van der Waals surface area contributed by atoms with Crippen molar-refractivity contribution in [1.82, 2.24) is 9.55 Å². The van der Waals surface area contributed by atoms with E-state index >= 15 is 0 Å². The molecule has 0 fully saturated rings. The summed E-state index contributed by atoms with van der Waals surface area (Å²) in [7, 11) is 0. The number of nitrogens with zero attached hydrogens (tertiary/aromatic N) is 2. The fourth-order valence-electron chi connectivity index (χ4n) is 2.24. The van der Waals surface area contributed by atoms with Crippen molar-refractivity contribution in [3.63, 3.8) is 0 Å². The SMILES string of the molecule is OC(COc1c(Cl)cccc1Cl)Cn1cnc2ccccc21. The average Bonchev–Trinajstić information content (AvgIpc) is 2.90. The maximum atomic E-state index is 10.2. The van der Waals surface area contributed by atoms with Gasteiger partial charge in [0, 0.05) is 0 Å². The Labute approximate surface area is 137 Å². The number of para-hydroxylation sites is 3. The van der Waals surface area contributed by atoms with Gasteiger partial charge in [0.25, 0.3) is 0 Å². The lowest BCUT2D eigenvalue weighted by Crippen LogP contribution is -2.23. The maximum absolute atomic E-state index is 10.2. The molecule has 0 aliphatic heterocycles. The summed E-state index contributed by atoms with van der Waals surface area (Å²) >= 11 is 12.1. The van der Waals surface area contributed by atoms with Crippen LogP contribution in [0, 0.1) is 0 Å². The molecule has 0 bridgehead atoms. The first kappa shape index (κ1) is 15.2. The number of benzene rings is 2. The van der Waals surface area contributed by atoms with Crippen LogP contribution in [0.2, 0.25) is 10.0 Å². The molecule has 1 heterocycles.